The smallest absolute Gasteiger partial charge is 0.306 e. The van der Waals surface area contributed by atoms with E-state index in [2.05, 4.69) is 15.3 Å². The van der Waals surface area contributed by atoms with Crippen LogP contribution in [0.1, 0.15) is 98.5 Å². The monoisotopic (exact) mass is 606 g/mol. The van der Waals surface area contributed by atoms with E-state index in [-0.39, 0.29) is 30.0 Å². The molecule has 1 fully saturated rings. The van der Waals surface area contributed by atoms with Crippen LogP contribution < -0.4 is 5.32 Å². The molecule has 2 heterocycles. The molecule has 2 amide bonds. The molecule has 0 aromatic carbocycles. The van der Waals surface area contributed by atoms with E-state index in [0.717, 1.165) is 23.5 Å². The van der Waals surface area contributed by atoms with Crippen LogP contribution in [0.2, 0.25) is 0 Å². The maximum absolute atomic E-state index is 13.2. The van der Waals surface area contributed by atoms with Gasteiger partial charge in [-0.3, -0.25) is 19.2 Å². The Labute approximate surface area is 249 Å². The molecule has 2 aromatic heterocycles. The summed E-state index contributed by atoms with van der Waals surface area (Å²) in [5, 5.41) is 17.2. The van der Waals surface area contributed by atoms with E-state index in [4.69, 9.17) is 4.74 Å². The second-order valence-electron chi connectivity index (χ2n) is 11.5. The molecule has 10 nitrogen and oxygen atoms in total. The first-order valence-corrected chi connectivity index (χ1v) is 15.9. The summed E-state index contributed by atoms with van der Waals surface area (Å²) in [4.78, 5) is 60.5. The van der Waals surface area contributed by atoms with Crippen molar-refractivity contribution in [2.24, 2.45) is 17.8 Å². The van der Waals surface area contributed by atoms with Crippen LogP contribution in [0.5, 0.6) is 0 Å². The molecule has 1 aliphatic rings. The first kappa shape index (κ1) is 32.7. The maximum Gasteiger partial charge on any atom is 0.306 e. The number of aliphatic carboxylic acids is 1. The summed E-state index contributed by atoms with van der Waals surface area (Å²) in [5.74, 6) is -1.84. The van der Waals surface area contributed by atoms with Crippen LogP contribution in [0.4, 0.5) is 0 Å². The molecule has 0 bridgehead atoms. The van der Waals surface area contributed by atoms with Crippen molar-refractivity contribution >= 4 is 46.4 Å². The maximum atomic E-state index is 13.2. The highest BCUT2D eigenvalue weighted by Gasteiger charge is 2.32. The summed E-state index contributed by atoms with van der Waals surface area (Å²) in [7, 11) is 1.80. The fraction of sp³-hybridized carbons (Fsp3) is 0.655. The van der Waals surface area contributed by atoms with Gasteiger partial charge in [0.1, 0.15) is 10.7 Å². The molecule has 2 N–H and O–H groups in total. The SMILES string of the molecule is CC(=O)OC(CC(C(C)C)N(C)C(=O)CC1CCC1)c1nc(C(=O)N[C@@H](Cc2nc(C)cs2)CC(C)C(=O)O)cs1. The number of amides is 2. The molecule has 1 aliphatic carbocycles. The number of esters is 1. The molecule has 4 atom stereocenters. The van der Waals surface area contributed by atoms with Gasteiger partial charge in [0, 0.05) is 61.8 Å². The number of nitrogens with zero attached hydrogens (tertiary/aromatic N) is 3. The van der Waals surface area contributed by atoms with Crippen molar-refractivity contribution in [2.75, 3.05) is 7.05 Å². The van der Waals surface area contributed by atoms with Crippen molar-refractivity contribution in [3.63, 3.8) is 0 Å². The van der Waals surface area contributed by atoms with Gasteiger partial charge < -0.3 is 20.1 Å². The standard InChI is InChI=1S/C29H42N4O6S2/c1-16(2)23(33(6)26(35)11-20-8-7-9-20)13-24(39-19(5)34)28-32-22(15-41-28)27(36)31-21(10-17(3)29(37)38)12-25-30-18(4)14-40-25/h14-17,20-21,23-24H,7-13H2,1-6H3,(H,31,36)(H,37,38)/t17?,21-,23?,24?/m1/s1. The summed E-state index contributed by atoms with van der Waals surface area (Å²) in [6, 6.07) is -0.633. The van der Waals surface area contributed by atoms with Gasteiger partial charge in [-0.25, -0.2) is 9.97 Å². The minimum atomic E-state index is -0.935. The van der Waals surface area contributed by atoms with Crippen LogP contribution in [-0.2, 0) is 25.5 Å². The van der Waals surface area contributed by atoms with Gasteiger partial charge in [0.05, 0.1) is 10.9 Å². The highest BCUT2D eigenvalue weighted by atomic mass is 32.1. The van der Waals surface area contributed by atoms with E-state index in [1.54, 1.807) is 24.3 Å². The van der Waals surface area contributed by atoms with Crippen LogP contribution in [0.15, 0.2) is 10.8 Å². The van der Waals surface area contributed by atoms with E-state index in [9.17, 15) is 24.3 Å². The van der Waals surface area contributed by atoms with Gasteiger partial charge in [0.15, 0.2) is 6.10 Å². The summed E-state index contributed by atoms with van der Waals surface area (Å²) in [6.07, 6.45) is 4.18. The van der Waals surface area contributed by atoms with Crippen molar-refractivity contribution in [2.45, 2.75) is 97.8 Å². The molecule has 1 saturated carbocycles. The normalized spacial score (nSPS) is 16.4. The molecular weight excluding hydrogens is 564 g/mol. The van der Waals surface area contributed by atoms with Gasteiger partial charge in [-0.15, -0.1) is 22.7 Å². The highest BCUT2D eigenvalue weighted by molar-refractivity contribution is 7.10. The number of hydrogen-bond donors (Lipinski definition) is 2. The van der Waals surface area contributed by atoms with Crippen LogP contribution in [0.3, 0.4) is 0 Å². The fourth-order valence-corrected chi connectivity index (χ4v) is 6.69. The number of carbonyl (C=O) groups excluding carboxylic acids is 3. The van der Waals surface area contributed by atoms with Gasteiger partial charge in [-0.1, -0.05) is 27.2 Å². The molecular formula is C29H42N4O6S2. The Morgan fingerprint density at radius 2 is 1.83 bits per heavy atom. The van der Waals surface area contributed by atoms with E-state index in [1.165, 1.54) is 36.0 Å². The number of thiazole rings is 2. The summed E-state index contributed by atoms with van der Waals surface area (Å²) in [6.45, 7) is 8.89. The summed E-state index contributed by atoms with van der Waals surface area (Å²) in [5.41, 5.74) is 1.04. The molecule has 0 radical (unpaired) electrons. The summed E-state index contributed by atoms with van der Waals surface area (Å²) < 4.78 is 5.66. The van der Waals surface area contributed by atoms with Crippen LogP contribution in [0, 0.1) is 24.7 Å². The topological polar surface area (TPSA) is 139 Å². The Hall–Kier alpha value is -2.86. The zero-order chi connectivity index (χ0) is 30.3. The van der Waals surface area contributed by atoms with Crippen LogP contribution >= 0.6 is 22.7 Å². The predicted molar refractivity (Wildman–Crippen MR) is 158 cm³/mol. The van der Waals surface area contributed by atoms with Gasteiger partial charge in [-0.2, -0.15) is 0 Å². The number of ether oxygens (including phenoxy) is 1. The lowest BCUT2D eigenvalue weighted by molar-refractivity contribution is -0.148. The lowest BCUT2D eigenvalue weighted by atomic mass is 9.82. The molecule has 41 heavy (non-hydrogen) atoms. The zero-order valence-corrected chi connectivity index (χ0v) is 26.3. The largest absolute Gasteiger partial charge is 0.481 e. The predicted octanol–water partition coefficient (Wildman–Crippen LogP) is 5.03. The number of carboxylic acid groups (broad SMARTS) is 1. The Kier molecular flexibility index (Phi) is 11.8. The third-order valence-electron chi connectivity index (χ3n) is 7.62. The molecule has 0 aliphatic heterocycles. The molecule has 2 aromatic rings. The number of aromatic nitrogens is 2. The average molecular weight is 607 g/mol. The molecule has 3 unspecified atom stereocenters. The number of aryl methyl sites for hydroxylation is 1. The second-order valence-corrected chi connectivity index (χ2v) is 13.3. The number of rotatable bonds is 15. The quantitative estimate of drug-likeness (QED) is 0.269. The first-order chi connectivity index (χ1) is 19.3. The molecule has 0 saturated heterocycles. The Balaban J connectivity index is 1.74. The average Bonchev–Trinajstić information content (AvgIpc) is 3.52. The van der Waals surface area contributed by atoms with Gasteiger partial charge >= 0.3 is 11.9 Å². The fourth-order valence-electron chi connectivity index (χ4n) is 5.00. The van der Waals surface area contributed by atoms with Crippen molar-refractivity contribution < 1.29 is 29.0 Å². The van der Waals surface area contributed by atoms with Gasteiger partial charge in [0.25, 0.3) is 5.91 Å². The first-order valence-electron chi connectivity index (χ1n) is 14.2. The zero-order valence-electron chi connectivity index (χ0n) is 24.7. The van der Waals surface area contributed by atoms with Crippen molar-refractivity contribution in [3.8, 4) is 0 Å². The molecule has 0 spiro atoms. The Morgan fingerprint density at radius 3 is 2.37 bits per heavy atom. The lowest BCUT2D eigenvalue weighted by Crippen LogP contribution is -2.42. The summed E-state index contributed by atoms with van der Waals surface area (Å²) >= 11 is 2.69. The molecule has 12 heteroatoms. The number of carboxylic acids is 1. The van der Waals surface area contributed by atoms with Crippen LogP contribution in [-0.4, -0.2) is 62.9 Å². The Bertz CT molecular complexity index is 1210. The molecule has 226 valence electrons. The minimum Gasteiger partial charge on any atom is -0.481 e. The highest BCUT2D eigenvalue weighted by Crippen LogP contribution is 2.33. The molecule has 3 rings (SSSR count). The minimum absolute atomic E-state index is 0.0891. The Morgan fingerprint density at radius 1 is 1.12 bits per heavy atom. The van der Waals surface area contributed by atoms with Crippen LogP contribution in [0.25, 0.3) is 0 Å². The number of hydrogen-bond acceptors (Lipinski definition) is 9. The van der Waals surface area contributed by atoms with Gasteiger partial charge in [0.2, 0.25) is 5.91 Å². The number of carbonyl (C=O) groups is 4. The van der Waals surface area contributed by atoms with Crippen molar-refractivity contribution in [3.05, 3.63) is 32.2 Å². The van der Waals surface area contributed by atoms with E-state index in [1.807, 2.05) is 26.2 Å². The lowest BCUT2D eigenvalue weighted by Gasteiger charge is -2.35. The number of nitrogens with one attached hydrogen (secondary N) is 1. The van der Waals surface area contributed by atoms with E-state index >= 15 is 0 Å². The third-order valence-corrected chi connectivity index (χ3v) is 9.55. The second kappa shape index (κ2) is 14.9. The van der Waals surface area contributed by atoms with Crippen molar-refractivity contribution in [1.29, 1.82) is 0 Å². The van der Waals surface area contributed by atoms with E-state index in [0.29, 0.717) is 30.2 Å². The van der Waals surface area contributed by atoms with Gasteiger partial charge in [-0.05, 0) is 38.0 Å². The van der Waals surface area contributed by atoms with Crippen molar-refractivity contribution in [1.82, 2.24) is 20.2 Å². The van der Waals surface area contributed by atoms with E-state index < -0.39 is 35.9 Å². The third kappa shape index (κ3) is 9.59.